The summed E-state index contributed by atoms with van der Waals surface area (Å²) in [6, 6.07) is 5.70. The van der Waals surface area contributed by atoms with Crippen molar-refractivity contribution in [3.8, 4) is 22.8 Å². The van der Waals surface area contributed by atoms with E-state index in [1.54, 1.807) is 26.5 Å². The quantitative estimate of drug-likeness (QED) is 0.474. The van der Waals surface area contributed by atoms with Crippen LogP contribution in [0.15, 0.2) is 29.2 Å². The van der Waals surface area contributed by atoms with Gasteiger partial charge in [0.15, 0.2) is 22.7 Å². The average molecular weight is 428 g/mol. The van der Waals surface area contributed by atoms with Crippen LogP contribution in [-0.4, -0.2) is 37.8 Å². The SMILES string of the molecule is COCCCOc1cc2c(cc1OC)-c1cc(=O)c(C(C)=O)cn1C(C(C)(C)C)CC2. The lowest BCUT2D eigenvalue weighted by atomic mass is 9.83. The minimum absolute atomic E-state index is 0.0521. The second kappa shape index (κ2) is 9.27. The second-order valence-corrected chi connectivity index (χ2v) is 9.18. The Kier molecular flexibility index (Phi) is 6.90. The fourth-order valence-electron chi connectivity index (χ4n) is 4.27. The third-order valence-electron chi connectivity index (χ3n) is 5.90. The van der Waals surface area contributed by atoms with Crippen molar-refractivity contribution in [3.05, 3.63) is 45.7 Å². The maximum absolute atomic E-state index is 12.7. The molecule has 3 rings (SSSR count). The van der Waals surface area contributed by atoms with Crippen molar-refractivity contribution >= 4 is 5.78 Å². The summed E-state index contributed by atoms with van der Waals surface area (Å²) < 4.78 is 18.8. The molecule has 2 aromatic rings. The van der Waals surface area contributed by atoms with Crippen LogP contribution in [0.25, 0.3) is 11.3 Å². The number of aromatic nitrogens is 1. The number of ether oxygens (including phenoxy) is 3. The second-order valence-electron chi connectivity index (χ2n) is 9.18. The van der Waals surface area contributed by atoms with Crippen molar-refractivity contribution < 1.29 is 19.0 Å². The first kappa shape index (κ1) is 23.1. The average Bonchev–Trinajstić information content (AvgIpc) is 2.85. The largest absolute Gasteiger partial charge is 0.493 e. The first-order valence-electron chi connectivity index (χ1n) is 10.8. The fraction of sp³-hybridized carbons (Fsp3) is 0.520. The van der Waals surface area contributed by atoms with Gasteiger partial charge in [-0.1, -0.05) is 20.8 Å². The molecular formula is C25H33NO5. The highest BCUT2D eigenvalue weighted by Gasteiger charge is 2.32. The predicted molar refractivity (Wildman–Crippen MR) is 121 cm³/mol. The van der Waals surface area contributed by atoms with Gasteiger partial charge in [-0.3, -0.25) is 9.59 Å². The Morgan fingerprint density at radius 1 is 1.13 bits per heavy atom. The van der Waals surface area contributed by atoms with Gasteiger partial charge in [-0.05, 0) is 42.9 Å². The van der Waals surface area contributed by atoms with Gasteiger partial charge in [0.2, 0.25) is 0 Å². The zero-order valence-electron chi connectivity index (χ0n) is 19.4. The highest BCUT2D eigenvalue weighted by atomic mass is 16.5. The molecule has 0 spiro atoms. The molecule has 0 radical (unpaired) electrons. The number of Topliss-reactive ketones (excluding diaryl/α,β-unsaturated/α-hetero) is 1. The van der Waals surface area contributed by atoms with Gasteiger partial charge in [0.25, 0.3) is 0 Å². The summed E-state index contributed by atoms with van der Waals surface area (Å²) in [7, 11) is 3.29. The monoisotopic (exact) mass is 427 g/mol. The number of hydrogen-bond acceptors (Lipinski definition) is 5. The lowest BCUT2D eigenvalue weighted by Crippen LogP contribution is -2.27. The summed E-state index contributed by atoms with van der Waals surface area (Å²) in [5.41, 5.74) is 2.79. The Labute approximate surface area is 184 Å². The van der Waals surface area contributed by atoms with Crippen LogP contribution in [0.4, 0.5) is 0 Å². The van der Waals surface area contributed by atoms with E-state index in [1.165, 1.54) is 6.92 Å². The maximum Gasteiger partial charge on any atom is 0.192 e. The molecule has 6 nitrogen and oxygen atoms in total. The molecule has 1 aliphatic heterocycles. The molecule has 0 aliphatic carbocycles. The number of hydrogen-bond donors (Lipinski definition) is 0. The first-order chi connectivity index (χ1) is 14.7. The molecule has 1 atom stereocenters. The van der Waals surface area contributed by atoms with Crippen LogP contribution in [0.1, 0.15) is 62.5 Å². The number of aryl methyl sites for hydroxylation is 1. The summed E-state index contributed by atoms with van der Waals surface area (Å²) in [6.45, 7) is 9.17. The zero-order chi connectivity index (χ0) is 22.8. The standard InChI is InChI=1S/C25H33NO5/c1-16(27)19-15-26-20(14-21(19)28)18-13-22(30-6)23(31-11-7-10-29-5)12-17(18)8-9-24(26)25(2,3)4/h12-15,24H,7-11H2,1-6H3. The molecule has 0 bridgehead atoms. The molecule has 0 saturated carbocycles. The van der Waals surface area contributed by atoms with Crippen molar-refractivity contribution in [2.75, 3.05) is 27.4 Å². The fourth-order valence-corrected chi connectivity index (χ4v) is 4.27. The van der Waals surface area contributed by atoms with E-state index in [-0.39, 0.29) is 28.2 Å². The number of pyridine rings is 1. The molecule has 1 aliphatic rings. The van der Waals surface area contributed by atoms with Crippen molar-refractivity contribution in [2.45, 2.75) is 53.0 Å². The summed E-state index contributed by atoms with van der Waals surface area (Å²) >= 11 is 0. The van der Waals surface area contributed by atoms with E-state index in [2.05, 4.69) is 25.3 Å². The van der Waals surface area contributed by atoms with E-state index < -0.39 is 0 Å². The number of benzene rings is 1. The zero-order valence-corrected chi connectivity index (χ0v) is 19.4. The minimum Gasteiger partial charge on any atom is -0.493 e. The number of ketones is 1. The molecule has 2 heterocycles. The summed E-state index contributed by atoms with van der Waals surface area (Å²) in [5, 5.41) is 0. The molecule has 31 heavy (non-hydrogen) atoms. The van der Waals surface area contributed by atoms with Crippen molar-refractivity contribution in [1.82, 2.24) is 4.57 Å². The third-order valence-corrected chi connectivity index (χ3v) is 5.90. The molecule has 0 N–H and O–H groups in total. The predicted octanol–water partition coefficient (Wildman–Crippen LogP) is 4.68. The number of carbonyl (C=O) groups excluding carboxylic acids is 1. The Hall–Kier alpha value is -2.60. The first-order valence-corrected chi connectivity index (χ1v) is 10.8. The topological polar surface area (TPSA) is 66.8 Å². The van der Waals surface area contributed by atoms with E-state index >= 15 is 0 Å². The van der Waals surface area contributed by atoms with Gasteiger partial charge in [-0.25, -0.2) is 0 Å². The number of methoxy groups -OCH3 is 2. The highest BCUT2D eigenvalue weighted by molar-refractivity contribution is 5.94. The summed E-state index contributed by atoms with van der Waals surface area (Å²) in [6.07, 6.45) is 4.25. The van der Waals surface area contributed by atoms with Gasteiger partial charge in [0.1, 0.15) is 0 Å². The van der Waals surface area contributed by atoms with Crippen LogP contribution in [0.3, 0.4) is 0 Å². The van der Waals surface area contributed by atoms with Crippen molar-refractivity contribution in [1.29, 1.82) is 0 Å². The van der Waals surface area contributed by atoms with Gasteiger partial charge in [-0.2, -0.15) is 0 Å². The van der Waals surface area contributed by atoms with E-state index in [0.717, 1.165) is 36.1 Å². The van der Waals surface area contributed by atoms with Gasteiger partial charge in [0.05, 0.1) is 25.0 Å². The third kappa shape index (κ3) is 4.85. The van der Waals surface area contributed by atoms with Crippen molar-refractivity contribution in [3.63, 3.8) is 0 Å². The molecular weight excluding hydrogens is 394 g/mol. The molecule has 0 saturated heterocycles. The molecule has 1 aromatic carbocycles. The normalized spacial score (nSPS) is 15.6. The van der Waals surface area contributed by atoms with Gasteiger partial charge >= 0.3 is 0 Å². The minimum atomic E-state index is -0.252. The van der Waals surface area contributed by atoms with Crippen LogP contribution >= 0.6 is 0 Å². The van der Waals surface area contributed by atoms with Gasteiger partial charge in [0, 0.05) is 44.0 Å². The number of nitrogens with zero attached hydrogens (tertiary/aromatic N) is 1. The Morgan fingerprint density at radius 3 is 2.48 bits per heavy atom. The van der Waals surface area contributed by atoms with E-state index in [9.17, 15) is 9.59 Å². The van der Waals surface area contributed by atoms with E-state index in [1.807, 2.05) is 12.1 Å². The van der Waals surface area contributed by atoms with E-state index in [4.69, 9.17) is 14.2 Å². The molecule has 1 aromatic heterocycles. The summed E-state index contributed by atoms with van der Waals surface area (Å²) in [5.74, 6) is 1.11. The Balaban J connectivity index is 2.16. The van der Waals surface area contributed by atoms with Crippen LogP contribution in [-0.2, 0) is 11.2 Å². The molecule has 0 fully saturated rings. The van der Waals surface area contributed by atoms with Gasteiger partial charge in [-0.15, -0.1) is 0 Å². The van der Waals surface area contributed by atoms with Crippen molar-refractivity contribution in [2.24, 2.45) is 5.41 Å². The van der Waals surface area contributed by atoms with Crippen LogP contribution in [0.5, 0.6) is 11.5 Å². The lowest BCUT2D eigenvalue weighted by Gasteiger charge is -2.33. The number of rotatable bonds is 7. The molecule has 1 unspecified atom stereocenters. The highest BCUT2D eigenvalue weighted by Crippen LogP contribution is 2.44. The van der Waals surface area contributed by atoms with Gasteiger partial charge < -0.3 is 18.8 Å². The summed E-state index contributed by atoms with van der Waals surface area (Å²) in [4.78, 5) is 24.8. The van der Waals surface area contributed by atoms with Crippen LogP contribution in [0, 0.1) is 5.41 Å². The molecule has 0 amide bonds. The lowest BCUT2D eigenvalue weighted by molar-refractivity contribution is 0.101. The van der Waals surface area contributed by atoms with Crippen LogP contribution in [0.2, 0.25) is 0 Å². The van der Waals surface area contributed by atoms with E-state index in [0.29, 0.717) is 24.7 Å². The smallest absolute Gasteiger partial charge is 0.192 e. The molecule has 168 valence electrons. The number of fused-ring (bicyclic) bond motifs is 3. The van der Waals surface area contributed by atoms with Crippen LogP contribution < -0.4 is 14.9 Å². The Bertz CT molecular complexity index is 1020. The molecule has 6 heteroatoms. The number of carbonyl (C=O) groups is 1. The maximum atomic E-state index is 12.7. The Morgan fingerprint density at radius 2 is 1.87 bits per heavy atom.